The Hall–Kier alpha value is -10.7. The lowest BCUT2D eigenvalue weighted by Crippen LogP contribution is -1.81. The topological polar surface area (TPSA) is 219 Å². The summed E-state index contributed by atoms with van der Waals surface area (Å²) in [6.45, 7) is 36.0. The van der Waals surface area contributed by atoms with Gasteiger partial charge in [0, 0.05) is 78.1 Å². The molecule has 0 bridgehead atoms. The van der Waals surface area contributed by atoms with Crippen LogP contribution in [0.3, 0.4) is 0 Å². The molecule has 0 fully saturated rings. The summed E-state index contributed by atoms with van der Waals surface area (Å²) in [6, 6.07) is 51.4. The highest BCUT2D eigenvalue weighted by Crippen LogP contribution is 2.18. The summed E-state index contributed by atoms with van der Waals surface area (Å²) in [5, 5.41) is 14.5. The van der Waals surface area contributed by atoms with E-state index in [9.17, 15) is 0 Å². The molecule has 0 spiro atoms. The summed E-state index contributed by atoms with van der Waals surface area (Å²) in [5.74, 6) is 0. The molecule has 0 unspecified atom stereocenters. The van der Waals surface area contributed by atoms with Gasteiger partial charge in [-0.2, -0.15) is 9.47 Å². The molecule has 0 saturated heterocycles. The molecule has 0 saturated carbocycles. The number of imidazole rings is 2. The van der Waals surface area contributed by atoms with Crippen LogP contribution in [0, 0.1) is 0 Å². The van der Waals surface area contributed by atoms with Crippen LogP contribution in [-0.4, -0.2) is 73.6 Å². The van der Waals surface area contributed by atoms with E-state index in [1.165, 1.54) is 32.7 Å². The zero-order valence-electron chi connectivity index (χ0n) is 60.6. The maximum Gasteiger partial charge on any atom is 0.185 e. The van der Waals surface area contributed by atoms with Crippen LogP contribution in [0.15, 0.2) is 282 Å². The van der Waals surface area contributed by atoms with E-state index in [1.54, 1.807) is 90.8 Å². The van der Waals surface area contributed by atoms with E-state index in [1.807, 2.05) is 309 Å². The number of nitrogens with zero attached hydrogens (tertiary/aromatic N) is 14. The molecule has 0 aliphatic carbocycles. The summed E-state index contributed by atoms with van der Waals surface area (Å²) in [6.07, 6.45) is 28.0. The molecule has 0 radical (unpaired) electrons. The Bertz CT molecular complexity index is 3510. The van der Waals surface area contributed by atoms with Crippen molar-refractivity contribution in [3.8, 4) is 0 Å². The molecule has 99 heavy (non-hydrogen) atoms. The van der Waals surface area contributed by atoms with Crippen LogP contribution in [-0.2, 0) is 0 Å². The monoisotopic (exact) mass is 1390 g/mol. The highest BCUT2D eigenvalue weighted by atomic mass is 32.1. The van der Waals surface area contributed by atoms with Crippen molar-refractivity contribution < 1.29 is 13.5 Å². The van der Waals surface area contributed by atoms with Gasteiger partial charge in [0.2, 0.25) is 0 Å². The van der Waals surface area contributed by atoms with Crippen molar-refractivity contribution in [1.82, 2.24) is 73.6 Å². The van der Waals surface area contributed by atoms with Crippen LogP contribution in [0.4, 0.5) is 0 Å². The van der Waals surface area contributed by atoms with Crippen LogP contribution in [0.2, 0.25) is 0 Å². The second kappa shape index (κ2) is 57.5. The number of benzene rings is 4. The minimum atomic E-state index is 0.734. The molecule has 0 aliphatic heterocycles. The molecule has 1 N–H and O–H groups in total. The molecule has 0 amide bonds. The van der Waals surface area contributed by atoms with E-state index in [-0.39, 0.29) is 0 Å². The number of hydrogen-bond acceptors (Lipinski definition) is 18. The third kappa shape index (κ3) is 31.3. The average molecular weight is 1390 g/mol. The smallest absolute Gasteiger partial charge is 0.185 e. The van der Waals surface area contributed by atoms with Gasteiger partial charge in [-0.05, 0) is 103 Å². The maximum atomic E-state index is 4.94. The predicted molar refractivity (Wildman–Crippen MR) is 423 cm³/mol. The number of aromatic nitrogens is 15. The van der Waals surface area contributed by atoms with E-state index >= 15 is 0 Å². The number of thiazole rings is 2. The second-order valence-electron chi connectivity index (χ2n) is 16.4. The van der Waals surface area contributed by atoms with Gasteiger partial charge in [0.05, 0.1) is 83.8 Å². The van der Waals surface area contributed by atoms with E-state index in [2.05, 4.69) is 82.8 Å². The lowest BCUT2D eigenvalue weighted by Gasteiger charge is -1.86. The maximum absolute atomic E-state index is 4.94. The van der Waals surface area contributed by atoms with Crippen molar-refractivity contribution in [1.29, 1.82) is 0 Å². The number of H-pyrrole nitrogens is 1. The fourth-order valence-electron chi connectivity index (χ4n) is 7.17. The Kier molecular flexibility index (Phi) is 50.1. The van der Waals surface area contributed by atoms with Gasteiger partial charge in [-0.1, -0.05) is 202 Å². The molecular weight excluding hydrogens is 1290 g/mol. The zero-order valence-corrected chi connectivity index (χ0v) is 63.1. The third-order valence-electron chi connectivity index (χ3n) is 11.1. The van der Waals surface area contributed by atoms with Crippen molar-refractivity contribution in [2.24, 2.45) is 0 Å². The van der Waals surface area contributed by atoms with Gasteiger partial charge >= 0.3 is 0 Å². The van der Waals surface area contributed by atoms with Crippen LogP contribution in [0.5, 0.6) is 0 Å². The van der Waals surface area contributed by atoms with Gasteiger partial charge in [-0.25, -0.2) is 29.4 Å². The Morgan fingerprint density at radius 2 is 0.909 bits per heavy atom. The van der Waals surface area contributed by atoms with Crippen LogP contribution < -0.4 is 0 Å². The number of fused-ring (bicyclic) bond motifs is 9. The van der Waals surface area contributed by atoms with E-state index in [0.29, 0.717) is 0 Å². The lowest BCUT2D eigenvalue weighted by molar-refractivity contribution is 0.455. The molecule has 14 heterocycles. The molecule has 522 valence electrons. The minimum Gasteiger partial charge on any atom is -0.442 e. The van der Waals surface area contributed by atoms with Gasteiger partial charge in [0.15, 0.2) is 23.1 Å². The summed E-state index contributed by atoms with van der Waals surface area (Å²) >= 11 is 4.83. The fourth-order valence-corrected chi connectivity index (χ4v) is 9.13. The normalized spacial score (nSPS) is 8.91. The van der Waals surface area contributed by atoms with Crippen molar-refractivity contribution in [2.45, 2.75) is 125 Å². The van der Waals surface area contributed by atoms with Gasteiger partial charge in [-0.15, -0.1) is 22.7 Å². The highest BCUT2D eigenvalue weighted by molar-refractivity contribution is 7.17. The first-order valence-electron chi connectivity index (χ1n) is 33.6. The van der Waals surface area contributed by atoms with E-state index in [4.69, 9.17) is 13.5 Å². The minimum absolute atomic E-state index is 0.734. The number of hydrogen-bond donors (Lipinski definition) is 1. The van der Waals surface area contributed by atoms with Gasteiger partial charge in [0.1, 0.15) is 11.2 Å². The molecule has 18 rings (SSSR count). The SMILES string of the molecule is CC.CC.CC.CC.CC.CC.CC.CC.CC.c1cc2cnoc2cn1.c1cc2ncoc2cn1.c1cc2ncsc2cn1.c1ccc2[nH]cnc2c1.c1ccc2oncc2c1.c1ccc2scnc2c1.c1ccc2sncc2c1.c1ccn2ccnc2c1.c1ccn2nccc2c1. The quantitative estimate of drug-likeness (QED) is 0.149. The molecule has 4 aromatic carbocycles. The van der Waals surface area contributed by atoms with Gasteiger partial charge in [0.25, 0.3) is 0 Å². The predicted octanol–water partition coefficient (Wildman–Crippen LogP) is 24.0. The Balaban J connectivity index is 0.000000541. The Labute approximate surface area is 596 Å². The summed E-state index contributed by atoms with van der Waals surface area (Å²) < 4.78 is 26.1. The van der Waals surface area contributed by atoms with Crippen molar-refractivity contribution in [2.75, 3.05) is 0 Å². The van der Waals surface area contributed by atoms with E-state index in [0.717, 1.165) is 71.0 Å². The molecule has 0 aliphatic rings. The molecule has 14 aromatic heterocycles. The molecule has 18 aromatic rings. The van der Waals surface area contributed by atoms with E-state index < -0.39 is 0 Å². The number of pyridine rings is 5. The first kappa shape index (κ1) is 86.3. The summed E-state index contributed by atoms with van der Waals surface area (Å²) in [7, 11) is 0. The number of aromatic amines is 1. The highest BCUT2D eigenvalue weighted by Gasteiger charge is 1.96. The van der Waals surface area contributed by atoms with Crippen LogP contribution >= 0.6 is 34.2 Å². The van der Waals surface area contributed by atoms with Gasteiger partial charge < -0.3 is 22.8 Å². The third-order valence-corrected chi connectivity index (χ3v) is 13.5. The number of nitrogens with one attached hydrogen (secondary N) is 1. The lowest BCUT2D eigenvalue weighted by atomic mass is 10.3. The number of oxazole rings is 1. The second-order valence-corrected chi connectivity index (χ2v) is 19.0. The first-order chi connectivity index (χ1) is 49.2. The molecule has 0 atom stereocenters. The standard InChI is InChI=1S/3C7H6N2.C7H5NO.2C7H5NS.2C6H4N2O.C6H4N2S.9C2H6/c1-2-6-9-7(3-1)4-5-8-9;1-2-5-9-6-4-8-7(9)3-1;1-2-4-7-6(3-1)8-5-9-7;1-2-4-7-6(3-1)5-8-9-7;1-2-4-7-6(3-1)8-5-9-7;1-2-4-7-6(3-1)5-8-9-7;1-2-7-3-6-5(1)8-4-9-6;1-2-7-4-6-5(1)3-8-9-6;1-2-7-3-6-5(1)8-4-9-6;9*1-2/h2*1-6H;1-5H,(H,8,9);3*1-5H;3*1-4H;9*1-2H3. The largest absolute Gasteiger partial charge is 0.442 e. The first-order valence-corrected chi connectivity index (χ1v) is 36.2. The van der Waals surface area contributed by atoms with Gasteiger partial charge in [-0.3, -0.25) is 15.0 Å². The zero-order chi connectivity index (χ0) is 72.9. The van der Waals surface area contributed by atoms with Crippen molar-refractivity contribution >= 4 is 120 Å². The van der Waals surface area contributed by atoms with Crippen molar-refractivity contribution in [3.63, 3.8) is 0 Å². The summed E-state index contributed by atoms with van der Waals surface area (Å²) in [4.78, 5) is 35.0. The number of rotatable bonds is 0. The van der Waals surface area contributed by atoms with Crippen LogP contribution in [0.25, 0.3) is 85.8 Å². The molecule has 21 heteroatoms. The van der Waals surface area contributed by atoms with Crippen molar-refractivity contribution in [3.05, 3.63) is 268 Å². The summed E-state index contributed by atoms with van der Waals surface area (Å²) in [5.41, 5.74) is 13.2. The molecular formula is C78H99N15O3S3. The molecule has 18 nitrogen and oxygen atoms in total. The van der Waals surface area contributed by atoms with Crippen LogP contribution in [0.1, 0.15) is 125 Å². The fraction of sp³-hybridized carbons (Fsp3) is 0.231. The Morgan fingerprint density at radius 3 is 1.55 bits per heavy atom. The average Bonchev–Trinajstić information content (AvgIpc) is 4.20. The number of para-hydroxylation sites is 4. The Morgan fingerprint density at radius 1 is 0.364 bits per heavy atom.